The Hall–Kier alpha value is -0.830. The van der Waals surface area contributed by atoms with Gasteiger partial charge in [-0.05, 0) is 44.1 Å². The summed E-state index contributed by atoms with van der Waals surface area (Å²) in [4.78, 5) is 0. The Labute approximate surface area is 117 Å². The third-order valence-electron chi connectivity index (χ3n) is 4.80. The van der Waals surface area contributed by atoms with Crippen molar-refractivity contribution >= 4 is 0 Å². The van der Waals surface area contributed by atoms with E-state index in [1.165, 1.54) is 50.0 Å². The molecule has 0 radical (unpaired) electrons. The lowest BCUT2D eigenvalue weighted by Crippen LogP contribution is -2.31. The van der Waals surface area contributed by atoms with E-state index in [9.17, 15) is 0 Å². The Morgan fingerprint density at radius 2 is 2.00 bits per heavy atom. The molecular formula is C16H29N3. The fourth-order valence-corrected chi connectivity index (χ4v) is 3.34. The van der Waals surface area contributed by atoms with Crippen LogP contribution in [0.5, 0.6) is 0 Å². The van der Waals surface area contributed by atoms with Gasteiger partial charge in [0.25, 0.3) is 0 Å². The topological polar surface area (TPSA) is 29.9 Å². The molecule has 2 rings (SSSR count). The van der Waals surface area contributed by atoms with Gasteiger partial charge in [-0.2, -0.15) is 5.10 Å². The lowest BCUT2D eigenvalue weighted by molar-refractivity contribution is 0.267. The third kappa shape index (κ3) is 3.38. The van der Waals surface area contributed by atoms with E-state index in [0.717, 1.165) is 19.5 Å². The van der Waals surface area contributed by atoms with Crippen LogP contribution in [-0.2, 0) is 19.5 Å². The normalized spacial score (nSPS) is 18.1. The van der Waals surface area contributed by atoms with Crippen molar-refractivity contribution in [2.24, 2.45) is 5.41 Å². The van der Waals surface area contributed by atoms with Crippen LogP contribution in [0.1, 0.15) is 64.3 Å². The van der Waals surface area contributed by atoms with Crippen molar-refractivity contribution in [3.05, 3.63) is 17.5 Å². The van der Waals surface area contributed by atoms with Gasteiger partial charge in [0.15, 0.2) is 0 Å². The highest BCUT2D eigenvalue weighted by atomic mass is 15.3. The number of aryl methyl sites for hydroxylation is 2. The molecule has 108 valence electrons. The molecule has 1 aliphatic rings. The largest absolute Gasteiger partial charge is 0.311 e. The Morgan fingerprint density at radius 3 is 2.58 bits per heavy atom. The van der Waals surface area contributed by atoms with Crippen LogP contribution in [0, 0.1) is 5.41 Å². The maximum absolute atomic E-state index is 4.61. The van der Waals surface area contributed by atoms with Crippen molar-refractivity contribution in [3.8, 4) is 0 Å². The highest BCUT2D eigenvalue weighted by molar-refractivity contribution is 5.10. The van der Waals surface area contributed by atoms with Crippen LogP contribution in [0.3, 0.4) is 0 Å². The minimum atomic E-state index is 0.574. The molecule has 0 aromatic carbocycles. The minimum absolute atomic E-state index is 0.574. The van der Waals surface area contributed by atoms with Crippen molar-refractivity contribution in [2.45, 2.75) is 72.4 Å². The van der Waals surface area contributed by atoms with Gasteiger partial charge in [-0.25, -0.2) is 0 Å². The van der Waals surface area contributed by atoms with E-state index in [1.807, 2.05) is 0 Å². The molecule has 0 spiro atoms. The van der Waals surface area contributed by atoms with Crippen LogP contribution in [0.25, 0.3) is 0 Å². The van der Waals surface area contributed by atoms with Gasteiger partial charge in [0.05, 0.1) is 11.4 Å². The zero-order valence-corrected chi connectivity index (χ0v) is 12.8. The molecule has 3 heteroatoms. The molecule has 3 nitrogen and oxygen atoms in total. The van der Waals surface area contributed by atoms with Gasteiger partial charge in [0, 0.05) is 19.6 Å². The summed E-state index contributed by atoms with van der Waals surface area (Å²) in [6.07, 6.45) is 7.99. The van der Waals surface area contributed by atoms with Crippen molar-refractivity contribution in [1.82, 2.24) is 15.1 Å². The quantitative estimate of drug-likeness (QED) is 0.815. The predicted octanol–water partition coefficient (Wildman–Crippen LogP) is 3.53. The van der Waals surface area contributed by atoms with E-state index in [2.05, 4.69) is 41.9 Å². The molecule has 0 aliphatic heterocycles. The summed E-state index contributed by atoms with van der Waals surface area (Å²) in [5, 5.41) is 8.30. The smallest absolute Gasteiger partial charge is 0.0625 e. The number of rotatable bonds is 7. The number of aromatic nitrogens is 2. The Morgan fingerprint density at radius 1 is 1.26 bits per heavy atom. The lowest BCUT2D eigenvalue weighted by Gasteiger charge is -2.27. The maximum Gasteiger partial charge on any atom is 0.0625 e. The summed E-state index contributed by atoms with van der Waals surface area (Å²) in [5.74, 6) is 0. The maximum atomic E-state index is 4.61. The minimum Gasteiger partial charge on any atom is -0.311 e. The van der Waals surface area contributed by atoms with Crippen molar-refractivity contribution in [1.29, 1.82) is 0 Å². The number of hydrogen-bond acceptors (Lipinski definition) is 2. The fourth-order valence-electron chi connectivity index (χ4n) is 3.34. The Balaban J connectivity index is 1.89. The molecule has 1 fully saturated rings. The first-order valence-corrected chi connectivity index (χ1v) is 7.99. The van der Waals surface area contributed by atoms with E-state index in [-0.39, 0.29) is 0 Å². The van der Waals surface area contributed by atoms with Gasteiger partial charge in [0.2, 0.25) is 0 Å². The molecule has 1 saturated carbocycles. The van der Waals surface area contributed by atoms with Crippen LogP contribution in [0.15, 0.2) is 6.07 Å². The highest BCUT2D eigenvalue weighted by Crippen LogP contribution is 2.40. The summed E-state index contributed by atoms with van der Waals surface area (Å²) in [5.41, 5.74) is 3.12. The number of hydrogen-bond donors (Lipinski definition) is 1. The molecule has 19 heavy (non-hydrogen) atoms. The molecule has 1 heterocycles. The van der Waals surface area contributed by atoms with Crippen LogP contribution in [-0.4, -0.2) is 16.3 Å². The van der Waals surface area contributed by atoms with Crippen LogP contribution in [0.4, 0.5) is 0 Å². The number of nitrogens with one attached hydrogen (secondary N) is 1. The van der Waals surface area contributed by atoms with Crippen molar-refractivity contribution in [2.75, 3.05) is 6.54 Å². The second-order valence-corrected chi connectivity index (χ2v) is 5.96. The van der Waals surface area contributed by atoms with Crippen molar-refractivity contribution < 1.29 is 0 Å². The predicted molar refractivity (Wildman–Crippen MR) is 80.2 cm³/mol. The third-order valence-corrected chi connectivity index (χ3v) is 4.80. The van der Waals surface area contributed by atoms with E-state index in [4.69, 9.17) is 0 Å². The molecule has 1 aromatic rings. The molecule has 0 saturated heterocycles. The van der Waals surface area contributed by atoms with Gasteiger partial charge in [-0.3, -0.25) is 4.68 Å². The summed E-state index contributed by atoms with van der Waals surface area (Å²) in [6, 6.07) is 2.25. The SMILES string of the molecule is CCc1cc(CNCC2(CC)CCCC2)n(CC)n1. The summed E-state index contributed by atoms with van der Waals surface area (Å²) in [7, 11) is 0. The summed E-state index contributed by atoms with van der Waals surface area (Å²) in [6.45, 7) is 9.78. The molecule has 0 bridgehead atoms. The molecule has 0 amide bonds. The fraction of sp³-hybridized carbons (Fsp3) is 0.812. The molecule has 1 aromatic heterocycles. The Bertz CT molecular complexity index is 389. The van der Waals surface area contributed by atoms with Crippen LogP contribution < -0.4 is 5.32 Å². The van der Waals surface area contributed by atoms with Crippen molar-refractivity contribution in [3.63, 3.8) is 0 Å². The molecule has 0 unspecified atom stereocenters. The molecule has 1 aliphatic carbocycles. The summed E-state index contributed by atoms with van der Waals surface area (Å²) < 4.78 is 2.14. The van der Waals surface area contributed by atoms with E-state index < -0.39 is 0 Å². The standard InChI is InChI=1S/C16H29N3/c1-4-14-11-15(19(6-3)18-14)12-17-13-16(5-2)9-7-8-10-16/h11,17H,4-10,12-13H2,1-3H3. The van der Waals surface area contributed by atoms with Gasteiger partial charge in [-0.1, -0.05) is 26.7 Å². The zero-order valence-electron chi connectivity index (χ0n) is 12.8. The molecule has 1 N–H and O–H groups in total. The monoisotopic (exact) mass is 263 g/mol. The van der Waals surface area contributed by atoms with E-state index in [0.29, 0.717) is 5.41 Å². The van der Waals surface area contributed by atoms with Gasteiger partial charge in [0.1, 0.15) is 0 Å². The number of nitrogens with zero attached hydrogens (tertiary/aromatic N) is 2. The average molecular weight is 263 g/mol. The molecular weight excluding hydrogens is 234 g/mol. The van der Waals surface area contributed by atoms with Crippen LogP contribution in [0.2, 0.25) is 0 Å². The highest BCUT2D eigenvalue weighted by Gasteiger charge is 2.31. The van der Waals surface area contributed by atoms with E-state index in [1.54, 1.807) is 0 Å². The molecule has 0 atom stereocenters. The first-order chi connectivity index (χ1) is 9.23. The second-order valence-electron chi connectivity index (χ2n) is 5.96. The van der Waals surface area contributed by atoms with Gasteiger partial charge < -0.3 is 5.32 Å². The zero-order chi connectivity index (χ0) is 13.7. The van der Waals surface area contributed by atoms with Gasteiger partial charge >= 0.3 is 0 Å². The van der Waals surface area contributed by atoms with E-state index >= 15 is 0 Å². The Kier molecular flexibility index (Phi) is 5.03. The summed E-state index contributed by atoms with van der Waals surface area (Å²) >= 11 is 0. The average Bonchev–Trinajstić information content (AvgIpc) is 3.06. The first-order valence-electron chi connectivity index (χ1n) is 7.99. The first kappa shape index (κ1) is 14.6. The van der Waals surface area contributed by atoms with Gasteiger partial charge in [-0.15, -0.1) is 0 Å². The van der Waals surface area contributed by atoms with Crippen LogP contribution >= 0.6 is 0 Å². The lowest BCUT2D eigenvalue weighted by atomic mass is 9.83. The second kappa shape index (κ2) is 6.56.